The van der Waals surface area contributed by atoms with E-state index in [1.54, 1.807) is 16.4 Å². The summed E-state index contributed by atoms with van der Waals surface area (Å²) in [5.74, 6) is 0. The lowest BCUT2D eigenvalue weighted by Crippen LogP contribution is -2.56. The number of hydrogen-bond acceptors (Lipinski definition) is 4. The lowest BCUT2D eigenvalue weighted by molar-refractivity contribution is 0.233. The zero-order chi connectivity index (χ0) is 12.6. The fourth-order valence-corrected chi connectivity index (χ4v) is 5.76. The molecule has 0 aliphatic carbocycles. The van der Waals surface area contributed by atoms with Gasteiger partial charge in [0.1, 0.15) is 4.21 Å². The average Bonchev–Trinajstić information content (AvgIpc) is 2.69. The molecule has 1 aromatic heterocycles. The fourth-order valence-electron chi connectivity index (χ4n) is 1.92. The average molecular weight is 339 g/mol. The molecule has 2 unspecified atom stereocenters. The van der Waals surface area contributed by atoms with E-state index in [2.05, 4.69) is 21.2 Å². The molecule has 0 spiro atoms. The molecule has 1 fully saturated rings. The largest absolute Gasteiger partial charge is 0.311 e. The van der Waals surface area contributed by atoms with E-state index >= 15 is 0 Å². The monoisotopic (exact) mass is 338 g/mol. The third-order valence-corrected chi connectivity index (χ3v) is 7.17. The second kappa shape index (κ2) is 4.97. The van der Waals surface area contributed by atoms with Crippen LogP contribution in [0.3, 0.4) is 0 Å². The van der Waals surface area contributed by atoms with Gasteiger partial charge in [0.25, 0.3) is 10.0 Å². The van der Waals surface area contributed by atoms with E-state index in [0.717, 1.165) is 3.79 Å². The minimum atomic E-state index is -3.34. The molecule has 1 saturated heterocycles. The first kappa shape index (κ1) is 13.5. The van der Waals surface area contributed by atoms with E-state index in [4.69, 9.17) is 0 Å². The van der Waals surface area contributed by atoms with Crippen LogP contribution in [-0.2, 0) is 10.0 Å². The normalized spacial score (nSPS) is 27.2. The molecule has 17 heavy (non-hydrogen) atoms. The molecule has 2 heterocycles. The third-order valence-electron chi connectivity index (χ3n) is 3.09. The summed E-state index contributed by atoms with van der Waals surface area (Å²) in [6.45, 7) is 5.19. The van der Waals surface area contributed by atoms with E-state index < -0.39 is 10.0 Å². The minimum absolute atomic E-state index is 0.0189. The minimum Gasteiger partial charge on any atom is -0.311 e. The second-order valence-electron chi connectivity index (χ2n) is 4.16. The van der Waals surface area contributed by atoms with Gasteiger partial charge in [0, 0.05) is 25.2 Å². The van der Waals surface area contributed by atoms with Gasteiger partial charge in [-0.2, -0.15) is 4.31 Å². The van der Waals surface area contributed by atoms with Crippen LogP contribution in [0.1, 0.15) is 13.8 Å². The Morgan fingerprint density at radius 1 is 1.47 bits per heavy atom. The standard InChI is InChI=1S/C10H15BrN2O2S2/c1-7-8(2)13(6-5-12-7)17(14,15)10-4-3-9(11)16-10/h3-4,7-8,12H,5-6H2,1-2H3. The van der Waals surface area contributed by atoms with Crippen LogP contribution in [0.2, 0.25) is 0 Å². The van der Waals surface area contributed by atoms with Crippen molar-refractivity contribution in [1.29, 1.82) is 0 Å². The molecule has 1 N–H and O–H groups in total. The first-order valence-electron chi connectivity index (χ1n) is 5.43. The number of halogens is 1. The Bertz CT molecular complexity index is 500. The summed E-state index contributed by atoms with van der Waals surface area (Å²) in [6, 6.07) is 3.59. The number of sulfonamides is 1. The molecular formula is C10H15BrN2O2S2. The summed E-state index contributed by atoms with van der Waals surface area (Å²) >= 11 is 4.56. The molecule has 0 aromatic carbocycles. The maximum absolute atomic E-state index is 12.4. The highest BCUT2D eigenvalue weighted by Crippen LogP contribution is 2.30. The number of nitrogens with zero attached hydrogens (tertiary/aromatic N) is 1. The Labute approximate surface area is 114 Å². The Kier molecular flexibility index (Phi) is 3.94. The molecule has 4 nitrogen and oxygen atoms in total. The highest BCUT2D eigenvalue weighted by molar-refractivity contribution is 9.11. The molecular weight excluding hydrogens is 324 g/mol. The van der Waals surface area contributed by atoms with Crippen LogP contribution in [0, 0.1) is 0 Å². The van der Waals surface area contributed by atoms with Gasteiger partial charge >= 0.3 is 0 Å². The molecule has 0 radical (unpaired) electrons. The van der Waals surface area contributed by atoms with Crippen LogP contribution in [0.5, 0.6) is 0 Å². The molecule has 0 saturated carbocycles. The summed E-state index contributed by atoms with van der Waals surface area (Å²) in [4.78, 5) is 0. The SMILES string of the molecule is CC1NCCN(S(=O)(=O)c2ccc(Br)s2)C1C. The molecule has 7 heteroatoms. The van der Waals surface area contributed by atoms with Crippen LogP contribution >= 0.6 is 27.3 Å². The van der Waals surface area contributed by atoms with Crippen molar-refractivity contribution >= 4 is 37.3 Å². The summed E-state index contributed by atoms with van der Waals surface area (Å²) in [5, 5.41) is 3.28. The van der Waals surface area contributed by atoms with E-state index in [0.29, 0.717) is 17.3 Å². The van der Waals surface area contributed by atoms with Crippen LogP contribution in [0.4, 0.5) is 0 Å². The lowest BCUT2D eigenvalue weighted by atomic mass is 10.1. The predicted octanol–water partition coefficient (Wildman–Crippen LogP) is 1.88. The Morgan fingerprint density at radius 2 is 2.18 bits per heavy atom. The number of piperazine rings is 1. The molecule has 0 amide bonds. The Morgan fingerprint density at radius 3 is 2.76 bits per heavy atom. The van der Waals surface area contributed by atoms with E-state index in [9.17, 15) is 8.42 Å². The van der Waals surface area contributed by atoms with Gasteiger partial charge < -0.3 is 5.32 Å². The summed E-state index contributed by atoms with van der Waals surface area (Å²) in [6.07, 6.45) is 0. The second-order valence-corrected chi connectivity index (χ2v) is 8.74. The van der Waals surface area contributed by atoms with Crippen molar-refractivity contribution in [2.24, 2.45) is 0 Å². The van der Waals surface area contributed by atoms with Gasteiger partial charge in [0.05, 0.1) is 3.79 Å². The van der Waals surface area contributed by atoms with Crippen molar-refractivity contribution in [3.05, 3.63) is 15.9 Å². The summed E-state index contributed by atoms with van der Waals surface area (Å²) in [5.41, 5.74) is 0. The zero-order valence-electron chi connectivity index (χ0n) is 9.68. The van der Waals surface area contributed by atoms with E-state index in [1.807, 2.05) is 13.8 Å². The molecule has 2 atom stereocenters. The van der Waals surface area contributed by atoms with Gasteiger partial charge in [-0.25, -0.2) is 8.42 Å². The van der Waals surface area contributed by atoms with Crippen molar-refractivity contribution in [2.45, 2.75) is 30.1 Å². The zero-order valence-corrected chi connectivity index (χ0v) is 12.9. The van der Waals surface area contributed by atoms with Gasteiger partial charge in [-0.3, -0.25) is 0 Å². The summed E-state index contributed by atoms with van der Waals surface area (Å²) in [7, 11) is -3.34. The van der Waals surface area contributed by atoms with Crippen LogP contribution in [0.15, 0.2) is 20.1 Å². The van der Waals surface area contributed by atoms with E-state index in [1.165, 1.54) is 11.3 Å². The molecule has 96 valence electrons. The number of thiophene rings is 1. The Balaban J connectivity index is 2.32. The Hall–Kier alpha value is 0.0500. The van der Waals surface area contributed by atoms with Crippen molar-refractivity contribution in [2.75, 3.05) is 13.1 Å². The number of hydrogen-bond donors (Lipinski definition) is 1. The highest BCUT2D eigenvalue weighted by atomic mass is 79.9. The first-order chi connectivity index (χ1) is 7.93. The number of nitrogens with one attached hydrogen (secondary N) is 1. The van der Waals surface area contributed by atoms with Gasteiger partial charge in [-0.05, 0) is 41.9 Å². The third kappa shape index (κ3) is 2.58. The van der Waals surface area contributed by atoms with E-state index in [-0.39, 0.29) is 12.1 Å². The predicted molar refractivity (Wildman–Crippen MR) is 72.8 cm³/mol. The van der Waals surface area contributed by atoms with Gasteiger partial charge in [-0.1, -0.05) is 0 Å². The maximum atomic E-state index is 12.4. The van der Waals surface area contributed by atoms with Crippen molar-refractivity contribution in [1.82, 2.24) is 9.62 Å². The van der Waals surface area contributed by atoms with Gasteiger partial charge in [0.15, 0.2) is 0 Å². The van der Waals surface area contributed by atoms with Gasteiger partial charge in [-0.15, -0.1) is 11.3 Å². The maximum Gasteiger partial charge on any atom is 0.252 e. The van der Waals surface area contributed by atoms with Crippen molar-refractivity contribution in [3.8, 4) is 0 Å². The molecule has 1 aliphatic heterocycles. The number of rotatable bonds is 2. The van der Waals surface area contributed by atoms with Crippen LogP contribution in [-0.4, -0.2) is 37.9 Å². The molecule has 0 bridgehead atoms. The first-order valence-corrected chi connectivity index (χ1v) is 8.48. The molecule has 1 aromatic rings. The quantitative estimate of drug-likeness (QED) is 0.895. The van der Waals surface area contributed by atoms with Crippen molar-refractivity contribution < 1.29 is 8.42 Å². The van der Waals surface area contributed by atoms with Gasteiger partial charge in [0.2, 0.25) is 0 Å². The van der Waals surface area contributed by atoms with Crippen LogP contribution < -0.4 is 5.32 Å². The fraction of sp³-hybridized carbons (Fsp3) is 0.600. The molecule has 2 rings (SSSR count). The lowest BCUT2D eigenvalue weighted by Gasteiger charge is -2.37. The summed E-state index contributed by atoms with van der Waals surface area (Å²) < 4.78 is 27.7. The topological polar surface area (TPSA) is 49.4 Å². The smallest absolute Gasteiger partial charge is 0.252 e. The highest BCUT2D eigenvalue weighted by Gasteiger charge is 2.35. The van der Waals surface area contributed by atoms with Crippen molar-refractivity contribution in [3.63, 3.8) is 0 Å². The molecule has 1 aliphatic rings. The van der Waals surface area contributed by atoms with Crippen LogP contribution in [0.25, 0.3) is 0 Å².